The normalized spacial score (nSPS) is 18.3. The molecule has 2 aliphatic rings. The van der Waals surface area contributed by atoms with Crippen LogP contribution < -0.4 is 10.2 Å². The largest absolute Gasteiger partial charge is 0.379 e. The van der Waals surface area contributed by atoms with Crippen LogP contribution >= 0.6 is 11.6 Å². The van der Waals surface area contributed by atoms with E-state index in [0.717, 1.165) is 37.6 Å². The second-order valence-electron chi connectivity index (χ2n) is 8.03. The van der Waals surface area contributed by atoms with Gasteiger partial charge in [-0.05, 0) is 29.8 Å². The first kappa shape index (κ1) is 23.9. The van der Waals surface area contributed by atoms with Gasteiger partial charge in [-0.3, -0.25) is 9.69 Å². The fourth-order valence-electron chi connectivity index (χ4n) is 3.87. The molecule has 0 saturated carbocycles. The van der Waals surface area contributed by atoms with Crippen LogP contribution in [0.1, 0.15) is 5.56 Å². The highest BCUT2D eigenvalue weighted by Gasteiger charge is 2.26. The number of pyridine rings is 1. The minimum atomic E-state index is -3.51. The van der Waals surface area contributed by atoms with Crippen molar-refractivity contribution in [2.75, 3.05) is 63.9 Å². The molecule has 0 atom stereocenters. The average Bonchev–Trinajstić information content (AvgIpc) is 2.85. The Hall–Kier alpha value is -2.24. The highest BCUT2D eigenvalue weighted by molar-refractivity contribution is 7.89. The number of carbonyl (C=O) groups is 1. The number of rotatable bonds is 7. The van der Waals surface area contributed by atoms with Gasteiger partial charge in [0.2, 0.25) is 15.9 Å². The Kier molecular flexibility index (Phi) is 7.82. The zero-order valence-electron chi connectivity index (χ0n) is 18.3. The molecule has 1 N–H and O–H groups in total. The topological polar surface area (TPSA) is 95.1 Å². The molecule has 1 aromatic carbocycles. The predicted molar refractivity (Wildman–Crippen MR) is 126 cm³/mol. The van der Waals surface area contributed by atoms with Crippen LogP contribution in [-0.4, -0.2) is 87.5 Å². The summed E-state index contributed by atoms with van der Waals surface area (Å²) in [6, 6.07) is 10.4. The lowest BCUT2D eigenvalue weighted by Gasteiger charge is -2.35. The summed E-state index contributed by atoms with van der Waals surface area (Å²) in [4.78, 5) is 21.3. The van der Waals surface area contributed by atoms with Crippen LogP contribution in [0.3, 0.4) is 0 Å². The highest BCUT2D eigenvalue weighted by Crippen LogP contribution is 2.18. The molecule has 1 amide bonds. The Morgan fingerprint density at radius 2 is 1.70 bits per heavy atom. The number of hydrogen-bond donors (Lipinski definition) is 1. The molecule has 0 unspecified atom stereocenters. The number of benzene rings is 1. The van der Waals surface area contributed by atoms with Gasteiger partial charge in [0.25, 0.3) is 0 Å². The maximum atomic E-state index is 12.7. The molecule has 3 heterocycles. The number of aromatic nitrogens is 1. The Morgan fingerprint density at radius 3 is 2.33 bits per heavy atom. The molecular weight excluding hydrogens is 466 g/mol. The van der Waals surface area contributed by atoms with E-state index in [0.29, 0.717) is 44.4 Å². The minimum absolute atomic E-state index is 0.0573. The molecule has 9 nitrogen and oxygen atoms in total. The van der Waals surface area contributed by atoms with Crippen LogP contribution in [0.25, 0.3) is 0 Å². The van der Waals surface area contributed by atoms with Crippen LogP contribution in [-0.2, 0) is 26.1 Å². The average molecular weight is 494 g/mol. The number of nitrogens with zero attached hydrogens (tertiary/aromatic N) is 4. The SMILES string of the molecule is O=C(CN1CCN(c2ccc(Cl)cn2)CC1)NCc1ccc(S(=O)(=O)N2CCOCC2)cc1. The van der Waals surface area contributed by atoms with Gasteiger partial charge in [-0.15, -0.1) is 0 Å². The van der Waals surface area contributed by atoms with Crippen molar-refractivity contribution in [3.63, 3.8) is 0 Å². The molecule has 11 heteroatoms. The molecule has 178 valence electrons. The summed E-state index contributed by atoms with van der Waals surface area (Å²) in [6.45, 7) is 5.36. The quantitative estimate of drug-likeness (QED) is 0.619. The van der Waals surface area contributed by atoms with Gasteiger partial charge >= 0.3 is 0 Å². The zero-order chi connectivity index (χ0) is 23.3. The first-order valence-electron chi connectivity index (χ1n) is 10.9. The van der Waals surface area contributed by atoms with Crippen molar-refractivity contribution in [2.24, 2.45) is 0 Å². The molecule has 2 aliphatic heterocycles. The van der Waals surface area contributed by atoms with Crippen LogP contribution in [0.4, 0.5) is 5.82 Å². The molecule has 0 spiro atoms. The van der Waals surface area contributed by atoms with Crippen molar-refractivity contribution in [2.45, 2.75) is 11.4 Å². The van der Waals surface area contributed by atoms with Crippen molar-refractivity contribution in [1.29, 1.82) is 0 Å². The molecule has 2 fully saturated rings. The molecule has 0 aliphatic carbocycles. The second kappa shape index (κ2) is 10.8. The molecule has 0 bridgehead atoms. The van der Waals surface area contributed by atoms with Crippen LogP contribution in [0.2, 0.25) is 5.02 Å². The molecular formula is C22H28ClN5O4S. The first-order valence-corrected chi connectivity index (χ1v) is 12.8. The van der Waals surface area contributed by atoms with Crippen molar-refractivity contribution in [3.8, 4) is 0 Å². The van der Waals surface area contributed by atoms with E-state index in [1.54, 1.807) is 30.5 Å². The highest BCUT2D eigenvalue weighted by atomic mass is 35.5. The van der Waals surface area contributed by atoms with Gasteiger partial charge in [0, 0.05) is 52.0 Å². The van der Waals surface area contributed by atoms with Crippen LogP contribution in [0.15, 0.2) is 47.5 Å². The van der Waals surface area contributed by atoms with E-state index in [2.05, 4.69) is 20.1 Å². The number of nitrogens with one attached hydrogen (secondary N) is 1. The van der Waals surface area contributed by atoms with Gasteiger partial charge in [0.05, 0.1) is 29.7 Å². The molecule has 2 aromatic rings. The van der Waals surface area contributed by atoms with Gasteiger partial charge < -0.3 is 15.0 Å². The Labute approximate surface area is 199 Å². The Balaban J connectivity index is 1.22. The van der Waals surface area contributed by atoms with Gasteiger partial charge in [-0.2, -0.15) is 4.31 Å². The number of anilines is 1. The van der Waals surface area contributed by atoms with Gasteiger partial charge in [-0.1, -0.05) is 23.7 Å². The summed E-state index contributed by atoms with van der Waals surface area (Å²) in [6.07, 6.45) is 1.64. The van der Waals surface area contributed by atoms with Crippen molar-refractivity contribution >= 4 is 33.3 Å². The number of ether oxygens (including phenoxy) is 1. The smallest absolute Gasteiger partial charge is 0.243 e. The number of piperazine rings is 1. The van der Waals surface area contributed by atoms with E-state index in [4.69, 9.17) is 16.3 Å². The lowest BCUT2D eigenvalue weighted by Crippen LogP contribution is -2.49. The lowest BCUT2D eigenvalue weighted by molar-refractivity contribution is -0.122. The van der Waals surface area contributed by atoms with E-state index in [-0.39, 0.29) is 10.8 Å². The number of hydrogen-bond acceptors (Lipinski definition) is 7. The molecule has 2 saturated heterocycles. The Morgan fingerprint density at radius 1 is 1.00 bits per heavy atom. The summed E-state index contributed by atoms with van der Waals surface area (Å²) in [5.41, 5.74) is 0.850. The number of morpholine rings is 1. The third-order valence-electron chi connectivity index (χ3n) is 5.80. The van der Waals surface area contributed by atoms with E-state index < -0.39 is 10.0 Å². The number of amides is 1. The number of carbonyl (C=O) groups excluding carboxylic acids is 1. The second-order valence-corrected chi connectivity index (χ2v) is 10.4. The fraction of sp³-hybridized carbons (Fsp3) is 0.455. The number of halogens is 1. The van der Waals surface area contributed by atoms with Crippen LogP contribution in [0.5, 0.6) is 0 Å². The maximum absolute atomic E-state index is 12.7. The summed E-state index contributed by atoms with van der Waals surface area (Å²) < 4.78 is 32.1. The van der Waals surface area contributed by atoms with E-state index in [1.165, 1.54) is 4.31 Å². The summed E-state index contributed by atoms with van der Waals surface area (Å²) in [5, 5.41) is 3.53. The molecule has 0 radical (unpaired) electrons. The maximum Gasteiger partial charge on any atom is 0.243 e. The third-order valence-corrected chi connectivity index (χ3v) is 7.93. The Bertz CT molecular complexity index is 1040. The molecule has 4 rings (SSSR count). The van der Waals surface area contributed by atoms with Gasteiger partial charge in [0.15, 0.2) is 0 Å². The van der Waals surface area contributed by atoms with Crippen molar-refractivity contribution in [1.82, 2.24) is 19.5 Å². The van der Waals surface area contributed by atoms with Crippen LogP contribution in [0, 0.1) is 0 Å². The van der Waals surface area contributed by atoms with E-state index in [9.17, 15) is 13.2 Å². The number of sulfonamides is 1. The third kappa shape index (κ3) is 6.21. The summed E-state index contributed by atoms with van der Waals surface area (Å²) >= 11 is 5.90. The van der Waals surface area contributed by atoms with E-state index >= 15 is 0 Å². The zero-order valence-corrected chi connectivity index (χ0v) is 19.9. The standard InChI is InChI=1S/C22H28ClN5O4S/c23-19-3-6-21(24-16-19)27-9-7-26(8-10-27)17-22(29)25-15-18-1-4-20(5-2-18)33(30,31)28-11-13-32-14-12-28/h1-6,16H,7-15,17H2,(H,25,29). The molecule has 33 heavy (non-hydrogen) atoms. The van der Waals surface area contributed by atoms with E-state index in [1.807, 2.05) is 12.1 Å². The van der Waals surface area contributed by atoms with Crippen molar-refractivity contribution < 1.29 is 17.9 Å². The fourth-order valence-corrected chi connectivity index (χ4v) is 5.38. The predicted octanol–water partition coefficient (Wildman–Crippen LogP) is 1.19. The lowest BCUT2D eigenvalue weighted by atomic mass is 10.2. The summed E-state index contributed by atoms with van der Waals surface area (Å²) in [5.74, 6) is 0.834. The van der Waals surface area contributed by atoms with Gasteiger partial charge in [0.1, 0.15) is 5.82 Å². The van der Waals surface area contributed by atoms with Gasteiger partial charge in [-0.25, -0.2) is 13.4 Å². The summed E-state index contributed by atoms with van der Waals surface area (Å²) in [7, 11) is -3.51. The minimum Gasteiger partial charge on any atom is -0.379 e. The monoisotopic (exact) mass is 493 g/mol. The van der Waals surface area contributed by atoms with Crippen molar-refractivity contribution in [3.05, 3.63) is 53.2 Å². The first-order chi connectivity index (χ1) is 15.9. The molecule has 1 aromatic heterocycles.